The lowest BCUT2D eigenvalue weighted by Gasteiger charge is -2.35. The van der Waals surface area contributed by atoms with Gasteiger partial charge in [-0.25, -0.2) is 0 Å². The Morgan fingerprint density at radius 1 is 0.809 bits per heavy atom. The van der Waals surface area contributed by atoms with Crippen molar-refractivity contribution in [2.24, 2.45) is 0 Å². The molecule has 27 heteroatoms. The van der Waals surface area contributed by atoms with E-state index in [4.69, 9.17) is 0 Å². The number of hydrogen-bond donors (Lipinski definition) is 5. The van der Waals surface area contributed by atoms with Gasteiger partial charge in [0.05, 0.1) is 6.04 Å². The Kier molecular flexibility index (Phi) is 25.5. The molecule has 0 saturated heterocycles. The van der Waals surface area contributed by atoms with Crippen LogP contribution in [0.3, 0.4) is 0 Å². The van der Waals surface area contributed by atoms with Gasteiger partial charge in [0.15, 0.2) is 0 Å². The molecule has 12 unspecified atom stereocenters. The predicted octanol–water partition coefficient (Wildman–Crippen LogP) is 3.58. The average Bonchev–Trinajstić information content (AvgIpc) is 3.01. The molecular formula is C20H48N6O7P14. The monoisotopic (exact) mass is 918 g/mol. The van der Waals surface area contributed by atoms with Gasteiger partial charge >= 0.3 is 0 Å². The van der Waals surface area contributed by atoms with Crippen molar-refractivity contribution in [2.45, 2.75) is 68.8 Å². The van der Waals surface area contributed by atoms with Gasteiger partial charge in [0.2, 0.25) is 35.2 Å². The van der Waals surface area contributed by atoms with E-state index in [-0.39, 0.29) is 28.6 Å². The highest BCUT2D eigenvalue weighted by atomic mass is 32.8. The number of rotatable bonds is 20. The van der Waals surface area contributed by atoms with Crippen molar-refractivity contribution in [3.05, 3.63) is 0 Å². The van der Waals surface area contributed by atoms with Crippen molar-refractivity contribution in [3.8, 4) is 0 Å². The highest BCUT2D eigenvalue weighted by Gasteiger charge is 2.40. The van der Waals surface area contributed by atoms with Crippen molar-refractivity contribution in [2.75, 3.05) is 14.1 Å². The minimum absolute atomic E-state index is 0.00386. The van der Waals surface area contributed by atoms with Crippen LogP contribution in [0.1, 0.15) is 34.1 Å². The summed E-state index contributed by atoms with van der Waals surface area (Å²) in [7, 11) is 20.2. The van der Waals surface area contributed by atoms with Crippen LogP contribution in [0.4, 0.5) is 0 Å². The molecule has 0 fully saturated rings. The number of likely N-dealkylation sites (N-methyl/N-ethyl adjacent to an activating group) is 2. The van der Waals surface area contributed by atoms with E-state index < -0.39 is 98.8 Å². The average molecular weight is 918 g/mol. The van der Waals surface area contributed by atoms with Gasteiger partial charge in [0.1, 0.15) is 28.7 Å². The fourth-order valence-corrected chi connectivity index (χ4v) is 15.9. The molecule has 5 amide bonds. The number of amides is 5. The van der Waals surface area contributed by atoms with Crippen molar-refractivity contribution in [1.82, 2.24) is 31.5 Å². The molecule has 17 atom stereocenters. The quantitative estimate of drug-likeness (QED) is 0.0908. The second-order valence-corrected chi connectivity index (χ2v) is 43.9. The summed E-state index contributed by atoms with van der Waals surface area (Å²) < 4.78 is 0. The molecule has 0 radical (unpaired) electrons. The van der Waals surface area contributed by atoms with Crippen molar-refractivity contribution >= 4 is 158 Å². The summed E-state index contributed by atoms with van der Waals surface area (Å²) in [6.45, 7) is 5.31. The van der Waals surface area contributed by atoms with Gasteiger partial charge in [-0.15, -0.1) is 71.4 Å². The Labute approximate surface area is 304 Å². The Balaban J connectivity index is 6.19. The molecule has 0 heterocycles. The lowest BCUT2D eigenvalue weighted by molar-refractivity contribution is -0.142. The summed E-state index contributed by atoms with van der Waals surface area (Å²) in [6.07, 6.45) is -0.00386. The molecule has 0 aliphatic heterocycles. The van der Waals surface area contributed by atoms with Gasteiger partial charge < -0.3 is 31.5 Å². The zero-order valence-corrected chi connectivity index (χ0v) is 41.6. The second-order valence-electron chi connectivity index (χ2n) is 10.2. The number of nitrogens with one attached hydrogen (secondary N) is 5. The first kappa shape index (κ1) is 49.7. The van der Waals surface area contributed by atoms with Crippen LogP contribution in [-0.2, 0) is 33.6 Å². The van der Waals surface area contributed by atoms with E-state index in [1.165, 1.54) is 25.8 Å². The third-order valence-electron chi connectivity index (χ3n) is 6.37. The van der Waals surface area contributed by atoms with Gasteiger partial charge in [-0.2, -0.15) is 0 Å². The number of hydrogen-bond acceptors (Lipinski definition) is 8. The lowest BCUT2D eigenvalue weighted by atomic mass is 9.94. The smallest absolute Gasteiger partial charge is 0.250 e. The molecule has 0 aliphatic rings. The maximum absolute atomic E-state index is 13.8. The lowest BCUT2D eigenvalue weighted by Crippen LogP contribution is -2.59. The highest BCUT2D eigenvalue weighted by Crippen LogP contribution is 2.84. The molecule has 5 N–H and O–H groups in total. The molecule has 0 bridgehead atoms. The normalized spacial score (nSPS) is 16.7. The van der Waals surface area contributed by atoms with Crippen molar-refractivity contribution in [1.29, 1.82) is 0 Å². The minimum Gasteiger partial charge on any atom is -0.342 e. The van der Waals surface area contributed by atoms with Crippen LogP contribution in [0.2, 0.25) is 0 Å². The van der Waals surface area contributed by atoms with Crippen LogP contribution in [-0.4, -0.2) is 94.8 Å². The zero-order chi connectivity index (χ0) is 37.0. The van der Waals surface area contributed by atoms with E-state index in [2.05, 4.69) is 98.0 Å². The van der Waals surface area contributed by atoms with Crippen LogP contribution in [0.5, 0.6) is 0 Å². The fraction of sp³-hybridized carbons (Fsp3) is 0.650. The first-order valence-corrected chi connectivity index (χ1v) is 36.0. The Hall–Kier alpha value is 2.67. The highest BCUT2D eigenvalue weighted by molar-refractivity contribution is 8.82. The van der Waals surface area contributed by atoms with E-state index in [0.29, 0.717) is 0 Å². The van der Waals surface area contributed by atoms with E-state index >= 15 is 0 Å². The van der Waals surface area contributed by atoms with Gasteiger partial charge in [0, 0.05) is 13.5 Å². The first-order valence-electron chi connectivity index (χ1n) is 13.5. The third kappa shape index (κ3) is 15.9. The number of Topliss-reactive ketones (excluding diaryl/α,β-unsaturated/α-hetero) is 2. The maximum atomic E-state index is 13.8. The predicted molar refractivity (Wildman–Crippen MR) is 235 cm³/mol. The minimum atomic E-state index is -1.48. The largest absolute Gasteiger partial charge is 0.342 e. The number of ketones is 2. The van der Waals surface area contributed by atoms with Crippen LogP contribution < -0.4 is 26.6 Å². The molecular weight excluding hydrogens is 870 g/mol. The topological polar surface area (TPSA) is 183 Å². The van der Waals surface area contributed by atoms with Crippen LogP contribution >= 0.6 is 117 Å². The van der Waals surface area contributed by atoms with Gasteiger partial charge in [-0.3, -0.25) is 33.6 Å². The maximum Gasteiger partial charge on any atom is 0.250 e. The van der Waals surface area contributed by atoms with Crippen LogP contribution in [0.15, 0.2) is 0 Å². The summed E-state index contributed by atoms with van der Waals surface area (Å²) >= 11 is 0. The van der Waals surface area contributed by atoms with Crippen LogP contribution in [0.25, 0.3) is 0 Å². The molecule has 0 spiro atoms. The van der Waals surface area contributed by atoms with E-state index in [1.807, 2.05) is 0 Å². The first-order chi connectivity index (χ1) is 21.6. The summed E-state index contributed by atoms with van der Waals surface area (Å²) in [5.74, 6) is -7.99. The van der Waals surface area contributed by atoms with Crippen molar-refractivity contribution in [3.63, 3.8) is 0 Å². The second kappa shape index (κ2) is 24.2. The SMILES string of the molecule is CCC(=O)C(=O)C(C)(C)NC(=O)[C@H](PP)N(C)C(=O)[C@@H](NC(=O)[C@@H](NC(=O)[C@@H](NC(=O)[C@H](C)NC)P(P)P(P)P)P(P)PP)P(P)P. The molecule has 0 aliphatic carbocycles. The van der Waals surface area contributed by atoms with Gasteiger partial charge in [-0.1, -0.05) is 23.2 Å². The Morgan fingerprint density at radius 2 is 1.30 bits per heavy atom. The Bertz CT molecular complexity index is 1160. The van der Waals surface area contributed by atoms with Gasteiger partial charge in [0.25, 0.3) is 5.91 Å². The molecule has 47 heavy (non-hydrogen) atoms. The standard InChI is InChI=1S/C20H48N6O7P14/c1-7-9(27)10(28)20(3,4)25-14(32)19(42-34)26(6)18(33)17(44(36)37)24-12(30)15(45(38)43-35)23-13(31)16(46(39)47(40)41)22-11(29)8(2)21-5/h8,15-17,19,21,42-43H,7,34-41H2,1-6H3,(H,22,29)(H,23,31)(H,24,30)(H,25,32)/t8-,15-,16-,17-,19-,45?,46?/m0/s1. The van der Waals surface area contributed by atoms with E-state index in [0.717, 1.165) is 0 Å². The molecule has 0 aromatic carbocycles. The Morgan fingerprint density at radius 3 is 1.72 bits per heavy atom. The van der Waals surface area contributed by atoms with E-state index in [9.17, 15) is 33.6 Å². The summed E-state index contributed by atoms with van der Waals surface area (Å²) in [4.78, 5) is 93.0. The molecule has 0 saturated carbocycles. The number of carbonyl (C=O) groups is 7. The van der Waals surface area contributed by atoms with Crippen molar-refractivity contribution < 1.29 is 33.6 Å². The molecule has 270 valence electrons. The third-order valence-corrected chi connectivity index (χ3v) is 38.1. The summed E-state index contributed by atoms with van der Waals surface area (Å²) in [6, 6.07) is -0.545. The molecule has 0 aromatic heterocycles. The summed E-state index contributed by atoms with van der Waals surface area (Å²) in [5, 5.41) is 13.9. The summed E-state index contributed by atoms with van der Waals surface area (Å²) in [5.41, 5.74) is -1.48. The fourth-order valence-electron chi connectivity index (χ4n) is 3.43. The van der Waals surface area contributed by atoms with E-state index in [1.54, 1.807) is 20.9 Å². The zero-order valence-electron chi connectivity index (χ0n) is 26.8. The number of nitrogens with zero attached hydrogens (tertiary/aromatic N) is 1. The number of carbonyl (C=O) groups excluding carboxylic acids is 7. The van der Waals surface area contributed by atoms with Gasteiger partial charge in [-0.05, 0) is 56.7 Å². The molecule has 13 nitrogen and oxygen atoms in total. The molecule has 0 aromatic rings. The molecule has 0 rings (SSSR count). The van der Waals surface area contributed by atoms with Crippen LogP contribution in [0, 0.1) is 0 Å².